The van der Waals surface area contributed by atoms with Crippen molar-refractivity contribution in [3.8, 4) is 11.1 Å². The number of benzene rings is 1. The lowest BCUT2D eigenvalue weighted by atomic mass is 9.72. The summed E-state index contributed by atoms with van der Waals surface area (Å²) in [6, 6.07) is 9.52. The Balaban J connectivity index is 2.31. The number of hydrogen-bond donors (Lipinski definition) is 3. The average Bonchev–Trinajstić information content (AvgIpc) is 2.69. The van der Waals surface area contributed by atoms with Crippen LogP contribution in [-0.4, -0.2) is 28.4 Å². The first-order valence-corrected chi connectivity index (χ1v) is 10.1. The summed E-state index contributed by atoms with van der Waals surface area (Å²) in [5, 5.41) is 4.39. The first kappa shape index (κ1) is 22.1. The molecule has 1 aromatic heterocycles. The maximum Gasteiger partial charge on any atom is 0.272 e. The molecule has 3 amide bonds. The minimum absolute atomic E-state index is 0.113. The maximum absolute atomic E-state index is 13.1. The molecular formula is C23H27N5O3. The SMILES string of the molecule is CC(=O)NN=C1CC(C)(C)Cc2nc(C)c(C(=O)NNC(C)=O)c(-c3ccccc3)c21. The summed E-state index contributed by atoms with van der Waals surface area (Å²) in [5.74, 6) is -1.12. The van der Waals surface area contributed by atoms with E-state index < -0.39 is 5.91 Å². The fraction of sp³-hybridized carbons (Fsp3) is 0.348. The number of carbonyl (C=O) groups excluding carboxylic acids is 3. The van der Waals surface area contributed by atoms with Crippen LogP contribution in [0.3, 0.4) is 0 Å². The summed E-state index contributed by atoms with van der Waals surface area (Å²) in [7, 11) is 0. The second kappa shape index (κ2) is 8.67. The van der Waals surface area contributed by atoms with Crippen molar-refractivity contribution in [3.63, 3.8) is 0 Å². The van der Waals surface area contributed by atoms with Gasteiger partial charge in [0.25, 0.3) is 5.91 Å². The molecule has 0 spiro atoms. The van der Waals surface area contributed by atoms with Gasteiger partial charge in [0.15, 0.2) is 0 Å². The van der Waals surface area contributed by atoms with E-state index in [1.54, 1.807) is 6.92 Å². The third kappa shape index (κ3) is 4.96. The molecular weight excluding hydrogens is 394 g/mol. The lowest BCUT2D eigenvalue weighted by molar-refractivity contribution is -0.120. The van der Waals surface area contributed by atoms with Crippen molar-refractivity contribution in [1.82, 2.24) is 21.3 Å². The Kier molecular flexibility index (Phi) is 6.19. The predicted molar refractivity (Wildman–Crippen MR) is 118 cm³/mol. The molecule has 1 aromatic carbocycles. The fourth-order valence-electron chi connectivity index (χ4n) is 3.88. The van der Waals surface area contributed by atoms with Gasteiger partial charge in [0.1, 0.15) is 0 Å². The van der Waals surface area contributed by atoms with Crippen molar-refractivity contribution in [3.05, 3.63) is 52.8 Å². The third-order valence-corrected chi connectivity index (χ3v) is 5.02. The molecule has 31 heavy (non-hydrogen) atoms. The molecule has 0 fully saturated rings. The number of hydrazone groups is 1. The number of nitrogens with one attached hydrogen (secondary N) is 3. The molecule has 8 nitrogen and oxygen atoms in total. The molecule has 162 valence electrons. The topological polar surface area (TPSA) is 113 Å². The number of hydrazine groups is 1. The summed E-state index contributed by atoms with van der Waals surface area (Å²) in [4.78, 5) is 40.7. The Morgan fingerprint density at radius 1 is 0.968 bits per heavy atom. The van der Waals surface area contributed by atoms with Gasteiger partial charge in [-0.1, -0.05) is 44.2 Å². The highest BCUT2D eigenvalue weighted by atomic mass is 16.2. The van der Waals surface area contributed by atoms with Gasteiger partial charge in [0, 0.05) is 25.0 Å². The Morgan fingerprint density at radius 2 is 1.65 bits per heavy atom. The second-order valence-electron chi connectivity index (χ2n) is 8.51. The number of carbonyl (C=O) groups is 3. The van der Waals surface area contributed by atoms with E-state index in [-0.39, 0.29) is 17.2 Å². The molecule has 0 saturated heterocycles. The molecule has 0 saturated carbocycles. The highest BCUT2D eigenvalue weighted by Gasteiger charge is 2.35. The Bertz CT molecular complexity index is 1070. The van der Waals surface area contributed by atoms with Crippen LogP contribution < -0.4 is 16.3 Å². The van der Waals surface area contributed by atoms with E-state index in [0.717, 1.165) is 16.8 Å². The summed E-state index contributed by atoms with van der Waals surface area (Å²) in [5.41, 5.74) is 11.9. The van der Waals surface area contributed by atoms with Gasteiger partial charge in [-0.2, -0.15) is 5.10 Å². The van der Waals surface area contributed by atoms with E-state index in [1.807, 2.05) is 30.3 Å². The van der Waals surface area contributed by atoms with E-state index >= 15 is 0 Å². The molecule has 3 rings (SSSR count). The zero-order chi connectivity index (χ0) is 22.8. The smallest absolute Gasteiger partial charge is 0.272 e. The van der Waals surface area contributed by atoms with Crippen molar-refractivity contribution in [2.24, 2.45) is 10.5 Å². The van der Waals surface area contributed by atoms with E-state index in [4.69, 9.17) is 4.98 Å². The van der Waals surface area contributed by atoms with Crippen molar-refractivity contribution in [2.75, 3.05) is 0 Å². The lowest BCUT2D eigenvalue weighted by Gasteiger charge is -2.33. The highest BCUT2D eigenvalue weighted by Crippen LogP contribution is 2.40. The Hall–Kier alpha value is -3.55. The monoisotopic (exact) mass is 421 g/mol. The number of aryl methyl sites for hydroxylation is 1. The van der Waals surface area contributed by atoms with Crippen molar-refractivity contribution in [2.45, 2.75) is 47.5 Å². The van der Waals surface area contributed by atoms with Gasteiger partial charge in [-0.05, 0) is 30.7 Å². The molecule has 2 aromatic rings. The quantitative estimate of drug-likeness (QED) is 0.661. The molecule has 0 radical (unpaired) electrons. The lowest BCUT2D eigenvalue weighted by Crippen LogP contribution is -2.41. The molecule has 0 bridgehead atoms. The Labute approximate surface area is 181 Å². The largest absolute Gasteiger partial charge is 0.274 e. The molecule has 0 unspecified atom stereocenters. The summed E-state index contributed by atoms with van der Waals surface area (Å²) >= 11 is 0. The molecule has 1 aliphatic rings. The minimum atomic E-state index is -0.467. The van der Waals surface area contributed by atoms with Crippen LogP contribution in [0.25, 0.3) is 11.1 Å². The molecule has 1 aliphatic carbocycles. The van der Waals surface area contributed by atoms with E-state index in [9.17, 15) is 14.4 Å². The van der Waals surface area contributed by atoms with Crippen molar-refractivity contribution >= 4 is 23.4 Å². The number of aromatic nitrogens is 1. The van der Waals surface area contributed by atoms with Gasteiger partial charge in [-0.15, -0.1) is 0 Å². The van der Waals surface area contributed by atoms with Crippen LogP contribution in [0.4, 0.5) is 0 Å². The van der Waals surface area contributed by atoms with Gasteiger partial charge in [-0.3, -0.25) is 30.2 Å². The Morgan fingerprint density at radius 3 is 2.26 bits per heavy atom. The zero-order valence-electron chi connectivity index (χ0n) is 18.4. The van der Waals surface area contributed by atoms with Crippen LogP contribution in [0, 0.1) is 12.3 Å². The van der Waals surface area contributed by atoms with Crippen LogP contribution in [0.1, 0.15) is 61.4 Å². The first-order chi connectivity index (χ1) is 14.6. The first-order valence-electron chi connectivity index (χ1n) is 10.1. The summed E-state index contributed by atoms with van der Waals surface area (Å²) in [6.07, 6.45) is 1.31. The average molecular weight is 422 g/mol. The molecule has 0 atom stereocenters. The number of hydrogen-bond acceptors (Lipinski definition) is 5. The number of rotatable bonds is 3. The predicted octanol–water partition coefficient (Wildman–Crippen LogP) is 2.65. The number of amides is 3. The van der Waals surface area contributed by atoms with Gasteiger partial charge >= 0.3 is 0 Å². The minimum Gasteiger partial charge on any atom is -0.274 e. The van der Waals surface area contributed by atoms with Crippen LogP contribution >= 0.6 is 0 Å². The van der Waals surface area contributed by atoms with Gasteiger partial charge in [-0.25, -0.2) is 5.43 Å². The van der Waals surface area contributed by atoms with Crippen molar-refractivity contribution in [1.29, 1.82) is 0 Å². The van der Waals surface area contributed by atoms with Gasteiger partial charge in [0.05, 0.1) is 22.7 Å². The third-order valence-electron chi connectivity index (χ3n) is 5.02. The van der Waals surface area contributed by atoms with Gasteiger partial charge in [0.2, 0.25) is 11.8 Å². The number of pyridine rings is 1. The molecule has 3 N–H and O–H groups in total. The maximum atomic E-state index is 13.1. The van der Waals surface area contributed by atoms with Crippen molar-refractivity contribution < 1.29 is 14.4 Å². The summed E-state index contributed by atoms with van der Waals surface area (Å²) in [6.45, 7) is 8.74. The van der Waals surface area contributed by atoms with Crippen LogP contribution in [0.15, 0.2) is 35.4 Å². The van der Waals surface area contributed by atoms with E-state index in [1.165, 1.54) is 13.8 Å². The molecule has 8 heteroatoms. The number of nitrogens with zero attached hydrogens (tertiary/aromatic N) is 2. The molecule has 1 heterocycles. The second-order valence-corrected chi connectivity index (χ2v) is 8.51. The zero-order valence-corrected chi connectivity index (χ0v) is 18.4. The van der Waals surface area contributed by atoms with Crippen LogP contribution in [-0.2, 0) is 16.0 Å². The fourth-order valence-corrected chi connectivity index (χ4v) is 3.88. The normalized spacial score (nSPS) is 15.7. The van der Waals surface area contributed by atoms with E-state index in [0.29, 0.717) is 35.4 Å². The highest BCUT2D eigenvalue weighted by molar-refractivity contribution is 6.13. The standard InChI is InChI=1S/C23H27N5O3/c1-13-19(22(31)28-26-15(3)30)20(16-9-7-6-8-10-16)21-17(24-13)11-23(4,5)12-18(21)27-25-14(2)29/h6-10H,11-12H2,1-5H3,(H,25,29)(H,26,30)(H,28,31). The summed E-state index contributed by atoms with van der Waals surface area (Å²) < 4.78 is 0. The van der Waals surface area contributed by atoms with E-state index in [2.05, 4.69) is 35.2 Å². The van der Waals surface area contributed by atoms with Crippen LogP contribution in [0.2, 0.25) is 0 Å². The molecule has 0 aliphatic heterocycles. The number of fused-ring (bicyclic) bond motifs is 1. The van der Waals surface area contributed by atoms with Crippen LogP contribution in [0.5, 0.6) is 0 Å². The van der Waals surface area contributed by atoms with Gasteiger partial charge < -0.3 is 0 Å².